The summed E-state index contributed by atoms with van der Waals surface area (Å²) in [4.78, 5) is 0. The van der Waals surface area contributed by atoms with Crippen molar-refractivity contribution in [2.45, 2.75) is 19.5 Å². The molecular weight excluding hydrogens is 256 g/mol. The molecule has 0 atom stereocenters. The quantitative estimate of drug-likeness (QED) is 0.596. The number of halogens is 1. The highest BCUT2D eigenvalue weighted by atomic mass is 35.5. The van der Waals surface area contributed by atoms with Gasteiger partial charge in [0, 0.05) is 23.1 Å². The number of hydrogen-bond acceptors (Lipinski definition) is 0. The van der Waals surface area contributed by atoms with Gasteiger partial charge in [-0.1, -0.05) is 41.9 Å². The fraction of sp³-hybridized carbons (Fsp3) is 0.188. The zero-order valence-electron chi connectivity index (χ0n) is 10.5. The minimum atomic E-state index is 0.801. The number of nitrogens with zero attached hydrogens (tertiary/aromatic N) is 2. The molecule has 0 N–H and O–H groups in total. The van der Waals surface area contributed by atoms with Crippen LogP contribution in [0.4, 0.5) is 0 Å². The molecule has 0 saturated carbocycles. The van der Waals surface area contributed by atoms with Crippen molar-refractivity contribution in [2.75, 3.05) is 0 Å². The largest absolute Gasteiger partial charge is 0.239 e. The van der Waals surface area contributed by atoms with E-state index in [1.54, 1.807) is 0 Å². The molecule has 1 aliphatic heterocycles. The molecule has 0 radical (unpaired) electrons. The fourth-order valence-corrected chi connectivity index (χ4v) is 3.23. The van der Waals surface area contributed by atoms with Crippen molar-refractivity contribution < 1.29 is 4.68 Å². The highest BCUT2D eigenvalue weighted by Gasteiger charge is 2.28. The summed E-state index contributed by atoms with van der Waals surface area (Å²) in [6, 6.07) is 16.8. The first-order valence-electron chi connectivity index (χ1n) is 6.62. The van der Waals surface area contributed by atoms with E-state index in [2.05, 4.69) is 51.8 Å². The van der Waals surface area contributed by atoms with E-state index in [9.17, 15) is 0 Å². The van der Waals surface area contributed by atoms with Crippen molar-refractivity contribution in [1.82, 2.24) is 4.68 Å². The Labute approximate surface area is 116 Å². The summed E-state index contributed by atoms with van der Waals surface area (Å²) < 4.78 is 4.75. The van der Waals surface area contributed by atoms with E-state index in [0.717, 1.165) is 18.1 Å². The Morgan fingerprint density at radius 2 is 1.89 bits per heavy atom. The van der Waals surface area contributed by atoms with Crippen LogP contribution in [0.25, 0.3) is 22.2 Å². The molecule has 94 valence electrons. The van der Waals surface area contributed by atoms with E-state index in [0.29, 0.717) is 0 Å². The summed E-state index contributed by atoms with van der Waals surface area (Å²) in [7, 11) is 0. The molecule has 19 heavy (non-hydrogen) atoms. The van der Waals surface area contributed by atoms with Crippen molar-refractivity contribution in [1.29, 1.82) is 0 Å². The molecule has 2 aromatic carbocycles. The predicted molar refractivity (Wildman–Crippen MR) is 77.2 cm³/mol. The number of aryl methyl sites for hydroxylation is 1. The average Bonchev–Trinajstić information content (AvgIpc) is 2.99. The summed E-state index contributed by atoms with van der Waals surface area (Å²) >= 11 is 6.18. The Bertz CT molecular complexity index is 759. The van der Waals surface area contributed by atoms with Gasteiger partial charge in [0.25, 0.3) is 0 Å². The maximum atomic E-state index is 6.18. The van der Waals surface area contributed by atoms with E-state index in [4.69, 9.17) is 11.6 Å². The summed E-state index contributed by atoms with van der Waals surface area (Å²) in [5, 5.41) is 2.05. The first-order valence-corrected chi connectivity index (χ1v) is 7.00. The Morgan fingerprint density at radius 3 is 2.74 bits per heavy atom. The van der Waals surface area contributed by atoms with Crippen molar-refractivity contribution in [3.05, 3.63) is 53.6 Å². The van der Waals surface area contributed by atoms with Crippen LogP contribution in [0.1, 0.15) is 6.42 Å². The highest BCUT2D eigenvalue weighted by Crippen LogP contribution is 2.31. The normalized spacial score (nSPS) is 13.9. The molecule has 0 amide bonds. The van der Waals surface area contributed by atoms with Crippen LogP contribution in [0.3, 0.4) is 0 Å². The minimum absolute atomic E-state index is 0.801. The Kier molecular flexibility index (Phi) is 2.39. The lowest BCUT2D eigenvalue weighted by Crippen LogP contribution is -2.37. The van der Waals surface area contributed by atoms with Gasteiger partial charge in [-0.3, -0.25) is 0 Å². The monoisotopic (exact) mass is 269 g/mol. The van der Waals surface area contributed by atoms with Gasteiger partial charge in [0.15, 0.2) is 6.54 Å². The third-order valence-electron chi connectivity index (χ3n) is 3.83. The molecule has 4 rings (SSSR count). The SMILES string of the molecule is Clc1ccc2c(c1)c(-c1ccccc1)n1[n+]2CCC1. The standard InChI is InChI=1S/C16H14ClN2/c17-13-7-8-15-14(11-13)16(12-5-2-1-3-6-12)19-10-4-9-18(15)19/h1-3,5-8,11H,4,9-10H2/q+1. The van der Waals surface area contributed by atoms with Crippen molar-refractivity contribution in [2.24, 2.45) is 0 Å². The predicted octanol–water partition coefficient (Wildman–Crippen LogP) is 3.65. The van der Waals surface area contributed by atoms with Crippen LogP contribution < -0.4 is 4.68 Å². The van der Waals surface area contributed by atoms with Gasteiger partial charge in [-0.05, 0) is 12.1 Å². The number of aromatic nitrogens is 2. The second kappa shape index (κ2) is 4.10. The van der Waals surface area contributed by atoms with Gasteiger partial charge in [-0.25, -0.2) is 0 Å². The van der Waals surface area contributed by atoms with Gasteiger partial charge < -0.3 is 0 Å². The van der Waals surface area contributed by atoms with Gasteiger partial charge in [-0.2, -0.15) is 4.68 Å². The van der Waals surface area contributed by atoms with Gasteiger partial charge in [-0.15, -0.1) is 4.68 Å². The molecule has 3 heteroatoms. The van der Waals surface area contributed by atoms with Crippen LogP contribution in [-0.4, -0.2) is 4.68 Å². The van der Waals surface area contributed by atoms with E-state index < -0.39 is 0 Å². The Hall–Kier alpha value is -1.80. The first kappa shape index (κ1) is 11.1. The molecule has 3 aromatic rings. The minimum Gasteiger partial charge on any atom is -0.152 e. The van der Waals surface area contributed by atoms with Crippen LogP contribution >= 0.6 is 11.6 Å². The fourth-order valence-electron chi connectivity index (χ4n) is 3.06. The summed E-state index contributed by atoms with van der Waals surface area (Å²) in [6.07, 6.45) is 1.21. The molecule has 0 aliphatic carbocycles. The number of fused-ring (bicyclic) bond motifs is 3. The van der Waals surface area contributed by atoms with Crippen LogP contribution in [0.15, 0.2) is 48.5 Å². The zero-order valence-corrected chi connectivity index (χ0v) is 11.3. The number of rotatable bonds is 1. The van der Waals surface area contributed by atoms with E-state index in [1.807, 2.05) is 6.07 Å². The van der Waals surface area contributed by atoms with Crippen LogP contribution in [0, 0.1) is 0 Å². The zero-order chi connectivity index (χ0) is 12.8. The van der Waals surface area contributed by atoms with Crippen molar-refractivity contribution in [3.63, 3.8) is 0 Å². The van der Waals surface area contributed by atoms with E-state index >= 15 is 0 Å². The molecule has 0 unspecified atom stereocenters. The number of hydrogen-bond donors (Lipinski definition) is 0. The van der Waals surface area contributed by atoms with Gasteiger partial charge in [0.1, 0.15) is 5.69 Å². The van der Waals surface area contributed by atoms with Crippen molar-refractivity contribution in [3.8, 4) is 11.3 Å². The third-order valence-corrected chi connectivity index (χ3v) is 4.06. The molecule has 2 nitrogen and oxygen atoms in total. The Balaban J connectivity index is 2.12. The lowest BCUT2D eigenvalue weighted by Gasteiger charge is -2.00. The van der Waals surface area contributed by atoms with Gasteiger partial charge in [0.05, 0.1) is 11.9 Å². The summed E-state index contributed by atoms with van der Waals surface area (Å²) in [5.41, 5.74) is 3.83. The topological polar surface area (TPSA) is 8.81 Å². The highest BCUT2D eigenvalue weighted by molar-refractivity contribution is 6.31. The molecule has 0 spiro atoms. The molecule has 0 fully saturated rings. The van der Waals surface area contributed by atoms with Crippen LogP contribution in [0.2, 0.25) is 5.02 Å². The molecule has 0 saturated heterocycles. The maximum absolute atomic E-state index is 6.18. The summed E-state index contributed by atoms with van der Waals surface area (Å²) in [6.45, 7) is 2.17. The Morgan fingerprint density at radius 1 is 1.05 bits per heavy atom. The molecule has 0 bridgehead atoms. The molecule has 2 heterocycles. The number of benzene rings is 2. The van der Waals surface area contributed by atoms with Gasteiger partial charge in [0.2, 0.25) is 5.52 Å². The van der Waals surface area contributed by atoms with Crippen LogP contribution in [0.5, 0.6) is 0 Å². The summed E-state index contributed by atoms with van der Waals surface area (Å²) in [5.74, 6) is 0. The second-order valence-electron chi connectivity index (χ2n) is 4.98. The molecule has 1 aromatic heterocycles. The van der Waals surface area contributed by atoms with Crippen LogP contribution in [-0.2, 0) is 13.1 Å². The molecular formula is C16H14ClN2+. The van der Waals surface area contributed by atoms with Gasteiger partial charge >= 0.3 is 0 Å². The molecule has 1 aliphatic rings. The van der Waals surface area contributed by atoms with E-state index in [1.165, 1.54) is 28.6 Å². The average molecular weight is 270 g/mol. The lowest BCUT2D eigenvalue weighted by atomic mass is 10.1. The van der Waals surface area contributed by atoms with E-state index in [-0.39, 0.29) is 0 Å². The van der Waals surface area contributed by atoms with Crippen molar-refractivity contribution >= 4 is 22.5 Å². The smallest absolute Gasteiger partial charge is 0.152 e. The lowest BCUT2D eigenvalue weighted by molar-refractivity contribution is -0.733. The third kappa shape index (κ3) is 1.60. The maximum Gasteiger partial charge on any atom is 0.239 e. The first-order chi connectivity index (χ1) is 9.34. The second-order valence-corrected chi connectivity index (χ2v) is 5.41.